The van der Waals surface area contributed by atoms with Crippen LogP contribution >= 0.6 is 11.6 Å². The van der Waals surface area contributed by atoms with Crippen molar-refractivity contribution in [3.8, 4) is 6.01 Å². The summed E-state index contributed by atoms with van der Waals surface area (Å²) in [7, 11) is 0. The molecule has 0 aliphatic carbocycles. The molecule has 0 N–H and O–H groups in total. The summed E-state index contributed by atoms with van der Waals surface area (Å²) >= 11 is 5.97. The molecule has 0 saturated carbocycles. The first kappa shape index (κ1) is 14.3. The number of ether oxygens (including phenoxy) is 1. The van der Waals surface area contributed by atoms with Crippen LogP contribution in [0.3, 0.4) is 0 Å². The van der Waals surface area contributed by atoms with Gasteiger partial charge < -0.3 is 9.64 Å². The Hall–Kier alpha value is -1.10. The fraction of sp³-hybridized carbons (Fsp3) is 0.769. The van der Waals surface area contributed by atoms with Crippen molar-refractivity contribution in [1.29, 1.82) is 0 Å². The van der Waals surface area contributed by atoms with Gasteiger partial charge in [-0.25, -0.2) is 0 Å². The molecule has 1 aliphatic rings. The van der Waals surface area contributed by atoms with E-state index in [9.17, 15) is 0 Å². The lowest BCUT2D eigenvalue weighted by atomic mass is 10.0. The molecule has 2 rings (SSSR count). The Morgan fingerprint density at radius 2 is 1.95 bits per heavy atom. The molecule has 0 bridgehead atoms. The molecule has 1 fully saturated rings. The Morgan fingerprint density at radius 3 is 2.58 bits per heavy atom. The number of nitrogens with zero attached hydrogens (tertiary/aromatic N) is 4. The molecule has 0 spiro atoms. The van der Waals surface area contributed by atoms with Crippen LogP contribution in [0.25, 0.3) is 0 Å². The largest absolute Gasteiger partial charge is 0.461 e. The van der Waals surface area contributed by atoms with Crippen molar-refractivity contribution in [3.63, 3.8) is 0 Å². The quantitative estimate of drug-likeness (QED) is 0.851. The lowest BCUT2D eigenvalue weighted by molar-refractivity contribution is 0.221. The molecule has 2 heterocycles. The standard InChI is InChI=1S/C13H21ClN4O/c1-8(2)10-6-5-7-18(10)12-15-11(14)16-13(17-12)19-9(3)4/h8-10H,5-7H2,1-4H3. The molecule has 0 radical (unpaired) electrons. The van der Waals surface area contributed by atoms with Gasteiger partial charge in [0, 0.05) is 12.6 Å². The average molecular weight is 285 g/mol. The summed E-state index contributed by atoms with van der Waals surface area (Å²) in [5, 5.41) is 0.190. The van der Waals surface area contributed by atoms with Gasteiger partial charge >= 0.3 is 6.01 Å². The highest BCUT2D eigenvalue weighted by Crippen LogP contribution is 2.28. The Bertz CT molecular complexity index is 439. The van der Waals surface area contributed by atoms with Crippen LogP contribution in [-0.2, 0) is 0 Å². The molecule has 1 unspecified atom stereocenters. The van der Waals surface area contributed by atoms with E-state index < -0.39 is 0 Å². The fourth-order valence-electron chi connectivity index (χ4n) is 2.45. The second kappa shape index (κ2) is 5.90. The van der Waals surface area contributed by atoms with Crippen LogP contribution in [0.5, 0.6) is 6.01 Å². The zero-order valence-electron chi connectivity index (χ0n) is 11.9. The van der Waals surface area contributed by atoms with E-state index in [4.69, 9.17) is 16.3 Å². The van der Waals surface area contributed by atoms with Gasteiger partial charge in [-0.05, 0) is 44.2 Å². The Kier molecular flexibility index (Phi) is 4.45. The molecule has 5 nitrogen and oxygen atoms in total. The van der Waals surface area contributed by atoms with E-state index in [1.807, 2.05) is 13.8 Å². The monoisotopic (exact) mass is 284 g/mol. The summed E-state index contributed by atoms with van der Waals surface area (Å²) in [6.45, 7) is 9.27. The lowest BCUT2D eigenvalue weighted by Gasteiger charge is -2.27. The van der Waals surface area contributed by atoms with Gasteiger partial charge in [-0.2, -0.15) is 15.0 Å². The first-order valence-electron chi connectivity index (χ1n) is 6.82. The Balaban J connectivity index is 2.26. The molecule has 6 heteroatoms. The number of hydrogen-bond acceptors (Lipinski definition) is 5. The Labute approximate surface area is 119 Å². The molecular weight excluding hydrogens is 264 g/mol. The van der Waals surface area contributed by atoms with Gasteiger partial charge in [-0.1, -0.05) is 13.8 Å². The molecule has 0 aromatic carbocycles. The second-order valence-electron chi connectivity index (χ2n) is 5.50. The molecule has 0 amide bonds. The number of rotatable bonds is 4. The van der Waals surface area contributed by atoms with E-state index in [2.05, 4.69) is 33.7 Å². The first-order valence-corrected chi connectivity index (χ1v) is 7.20. The lowest BCUT2D eigenvalue weighted by Crippen LogP contribution is -2.34. The van der Waals surface area contributed by atoms with Gasteiger partial charge in [0.15, 0.2) is 0 Å². The number of anilines is 1. The van der Waals surface area contributed by atoms with Gasteiger partial charge in [0.05, 0.1) is 6.10 Å². The highest BCUT2D eigenvalue weighted by molar-refractivity contribution is 6.28. The third kappa shape index (κ3) is 3.47. The van der Waals surface area contributed by atoms with Crippen LogP contribution in [0.2, 0.25) is 5.28 Å². The van der Waals surface area contributed by atoms with E-state index in [0.29, 0.717) is 23.9 Å². The minimum atomic E-state index is 0.0193. The van der Waals surface area contributed by atoms with Gasteiger partial charge in [-0.15, -0.1) is 0 Å². The third-order valence-electron chi connectivity index (χ3n) is 3.24. The zero-order valence-corrected chi connectivity index (χ0v) is 12.7. The van der Waals surface area contributed by atoms with Gasteiger partial charge in [-0.3, -0.25) is 0 Å². The summed E-state index contributed by atoms with van der Waals surface area (Å²) in [6, 6.07) is 0.768. The second-order valence-corrected chi connectivity index (χ2v) is 5.84. The smallest absolute Gasteiger partial charge is 0.322 e. The third-order valence-corrected chi connectivity index (χ3v) is 3.41. The topological polar surface area (TPSA) is 51.1 Å². The van der Waals surface area contributed by atoms with Crippen molar-refractivity contribution in [3.05, 3.63) is 5.28 Å². The minimum Gasteiger partial charge on any atom is -0.461 e. The van der Waals surface area contributed by atoms with Crippen molar-refractivity contribution >= 4 is 17.5 Å². The molecule has 1 atom stereocenters. The van der Waals surface area contributed by atoms with Crippen molar-refractivity contribution in [2.45, 2.75) is 52.7 Å². The normalized spacial score (nSPS) is 19.5. The summed E-state index contributed by atoms with van der Waals surface area (Å²) in [4.78, 5) is 14.9. The van der Waals surface area contributed by atoms with E-state index >= 15 is 0 Å². The molecule has 1 aliphatic heterocycles. The van der Waals surface area contributed by atoms with Crippen LogP contribution in [0, 0.1) is 5.92 Å². The maximum atomic E-state index is 5.97. The predicted octanol–water partition coefficient (Wildman–Crippen LogP) is 2.94. The summed E-state index contributed by atoms with van der Waals surface area (Å²) in [6.07, 6.45) is 2.35. The summed E-state index contributed by atoms with van der Waals surface area (Å²) in [5.41, 5.74) is 0. The average Bonchev–Trinajstić information content (AvgIpc) is 2.75. The number of hydrogen-bond donors (Lipinski definition) is 0. The van der Waals surface area contributed by atoms with E-state index in [0.717, 1.165) is 13.0 Å². The SMILES string of the molecule is CC(C)Oc1nc(Cl)nc(N2CCCC2C(C)C)n1. The van der Waals surface area contributed by atoms with Gasteiger partial charge in [0.2, 0.25) is 11.2 Å². The summed E-state index contributed by atoms with van der Waals surface area (Å²) in [5.74, 6) is 1.19. The van der Waals surface area contributed by atoms with Crippen LogP contribution in [0.15, 0.2) is 0 Å². The number of halogens is 1. The fourth-order valence-corrected chi connectivity index (χ4v) is 2.60. The highest BCUT2D eigenvalue weighted by Gasteiger charge is 2.29. The Morgan fingerprint density at radius 1 is 1.21 bits per heavy atom. The molecule has 106 valence electrons. The van der Waals surface area contributed by atoms with E-state index in [1.54, 1.807) is 0 Å². The molecule has 19 heavy (non-hydrogen) atoms. The number of aromatic nitrogens is 3. The van der Waals surface area contributed by atoms with Crippen molar-refractivity contribution < 1.29 is 4.74 Å². The van der Waals surface area contributed by atoms with Gasteiger partial charge in [0.25, 0.3) is 0 Å². The molecule has 1 aromatic rings. The van der Waals surface area contributed by atoms with Crippen molar-refractivity contribution in [1.82, 2.24) is 15.0 Å². The van der Waals surface area contributed by atoms with E-state index in [-0.39, 0.29) is 11.4 Å². The molecular formula is C13H21ClN4O. The zero-order chi connectivity index (χ0) is 14.0. The maximum Gasteiger partial charge on any atom is 0.322 e. The first-order chi connectivity index (χ1) is 8.97. The van der Waals surface area contributed by atoms with Crippen LogP contribution in [-0.4, -0.2) is 33.6 Å². The van der Waals surface area contributed by atoms with E-state index in [1.165, 1.54) is 6.42 Å². The predicted molar refractivity (Wildman–Crippen MR) is 75.8 cm³/mol. The summed E-state index contributed by atoms with van der Waals surface area (Å²) < 4.78 is 5.52. The minimum absolute atomic E-state index is 0.0193. The maximum absolute atomic E-state index is 5.97. The highest BCUT2D eigenvalue weighted by atomic mass is 35.5. The van der Waals surface area contributed by atoms with Crippen molar-refractivity contribution in [2.24, 2.45) is 5.92 Å². The van der Waals surface area contributed by atoms with Crippen LogP contribution < -0.4 is 9.64 Å². The van der Waals surface area contributed by atoms with Crippen LogP contribution in [0.4, 0.5) is 5.95 Å². The van der Waals surface area contributed by atoms with Crippen LogP contribution in [0.1, 0.15) is 40.5 Å². The molecule has 1 saturated heterocycles. The van der Waals surface area contributed by atoms with Gasteiger partial charge in [0.1, 0.15) is 0 Å². The van der Waals surface area contributed by atoms with Crippen molar-refractivity contribution in [2.75, 3.05) is 11.4 Å². The molecule has 1 aromatic heterocycles.